The molecule has 134 valence electrons. The van der Waals surface area contributed by atoms with E-state index < -0.39 is 0 Å². The average Bonchev–Trinajstić information content (AvgIpc) is 2.99. The first kappa shape index (κ1) is 17.5. The van der Waals surface area contributed by atoms with Crippen LogP contribution < -0.4 is 4.74 Å². The maximum atomic E-state index is 12.6. The molecule has 0 radical (unpaired) electrons. The van der Waals surface area contributed by atoms with Crippen LogP contribution in [0.3, 0.4) is 0 Å². The molecule has 5 nitrogen and oxygen atoms in total. The molecule has 1 aromatic heterocycles. The molecule has 5 heteroatoms. The Hall–Kier alpha value is -2.30. The number of nitrogens with zero attached hydrogens (tertiary/aromatic N) is 2. The smallest absolute Gasteiger partial charge is 0.225 e. The summed E-state index contributed by atoms with van der Waals surface area (Å²) in [6.07, 6.45) is 4.23. The summed E-state index contributed by atoms with van der Waals surface area (Å²) >= 11 is 0. The van der Waals surface area contributed by atoms with Gasteiger partial charge in [-0.1, -0.05) is 31.8 Å². The number of amides is 1. The molecule has 0 bridgehead atoms. The third-order valence-electron chi connectivity index (χ3n) is 4.77. The Balaban J connectivity index is 1.86. The molecule has 1 fully saturated rings. The van der Waals surface area contributed by atoms with E-state index in [1.165, 1.54) is 0 Å². The van der Waals surface area contributed by atoms with Crippen molar-refractivity contribution in [3.63, 3.8) is 0 Å². The van der Waals surface area contributed by atoms with Gasteiger partial charge in [0.2, 0.25) is 5.91 Å². The first-order valence-electron chi connectivity index (χ1n) is 9.01. The van der Waals surface area contributed by atoms with Gasteiger partial charge in [0.25, 0.3) is 0 Å². The summed E-state index contributed by atoms with van der Waals surface area (Å²) in [5.41, 5.74) is 1.77. The van der Waals surface area contributed by atoms with E-state index in [-0.39, 0.29) is 17.9 Å². The Kier molecular flexibility index (Phi) is 5.41. The number of carbonyl (C=O) groups excluding carboxylic acids is 1. The first-order valence-corrected chi connectivity index (χ1v) is 9.01. The fourth-order valence-corrected chi connectivity index (χ4v) is 3.34. The van der Waals surface area contributed by atoms with Gasteiger partial charge in [0.1, 0.15) is 11.4 Å². The van der Waals surface area contributed by atoms with Crippen LogP contribution in [0.15, 0.2) is 34.9 Å². The molecule has 0 spiro atoms. The highest BCUT2D eigenvalue weighted by atomic mass is 16.5. The van der Waals surface area contributed by atoms with Crippen molar-refractivity contribution in [2.75, 3.05) is 13.7 Å². The van der Waals surface area contributed by atoms with Gasteiger partial charge < -0.3 is 14.2 Å². The molecule has 0 N–H and O–H groups in total. The minimum Gasteiger partial charge on any atom is -0.497 e. The minimum absolute atomic E-state index is 0.00965. The molecular weight excluding hydrogens is 316 g/mol. The Labute approximate surface area is 148 Å². The van der Waals surface area contributed by atoms with Gasteiger partial charge in [-0.15, -0.1) is 0 Å². The van der Waals surface area contributed by atoms with Crippen molar-refractivity contribution in [3.8, 4) is 17.0 Å². The van der Waals surface area contributed by atoms with E-state index in [1.807, 2.05) is 49.1 Å². The highest BCUT2D eigenvalue weighted by molar-refractivity contribution is 5.78. The first-order chi connectivity index (χ1) is 12.1. The van der Waals surface area contributed by atoms with Gasteiger partial charge in [-0.25, -0.2) is 0 Å². The molecule has 0 aliphatic carbocycles. The number of likely N-dealkylation sites (tertiary alicyclic amines) is 1. The second-order valence-corrected chi connectivity index (χ2v) is 6.89. The van der Waals surface area contributed by atoms with Crippen LogP contribution in [0, 0.1) is 5.92 Å². The maximum absolute atomic E-state index is 12.6. The van der Waals surface area contributed by atoms with Gasteiger partial charge in [-0.05, 0) is 37.1 Å². The topological polar surface area (TPSA) is 55.6 Å². The lowest BCUT2D eigenvalue weighted by atomic mass is 10.0. The van der Waals surface area contributed by atoms with Crippen LogP contribution in [0.2, 0.25) is 0 Å². The fourth-order valence-electron chi connectivity index (χ4n) is 3.34. The van der Waals surface area contributed by atoms with E-state index in [2.05, 4.69) is 5.16 Å². The van der Waals surface area contributed by atoms with Crippen LogP contribution in [0.5, 0.6) is 5.75 Å². The molecule has 0 saturated carbocycles. The predicted molar refractivity (Wildman–Crippen MR) is 96.3 cm³/mol. The fraction of sp³-hybridized carbons (Fsp3) is 0.500. The Bertz CT molecular complexity index is 706. The summed E-state index contributed by atoms with van der Waals surface area (Å²) in [4.78, 5) is 14.6. The number of aromatic nitrogens is 1. The third kappa shape index (κ3) is 3.86. The van der Waals surface area contributed by atoms with Crippen molar-refractivity contribution in [1.29, 1.82) is 0 Å². The van der Waals surface area contributed by atoms with E-state index in [4.69, 9.17) is 9.26 Å². The van der Waals surface area contributed by atoms with Gasteiger partial charge in [0.05, 0.1) is 13.2 Å². The van der Waals surface area contributed by atoms with Crippen molar-refractivity contribution in [2.45, 2.75) is 45.6 Å². The highest BCUT2D eigenvalue weighted by Gasteiger charge is 2.30. The molecule has 2 heterocycles. The SMILES string of the molecule is COc1ccc(-c2cc([C@H]3CCCCCN3C(=O)C(C)C)on2)cc1. The van der Waals surface area contributed by atoms with Crippen LogP contribution in [-0.4, -0.2) is 29.6 Å². The predicted octanol–water partition coefficient (Wildman–Crippen LogP) is 4.45. The summed E-state index contributed by atoms with van der Waals surface area (Å²) < 4.78 is 10.8. The van der Waals surface area contributed by atoms with Crippen LogP contribution in [-0.2, 0) is 4.79 Å². The molecule has 0 unspecified atom stereocenters. The third-order valence-corrected chi connectivity index (χ3v) is 4.77. The molecule has 1 aliphatic heterocycles. The molecule has 25 heavy (non-hydrogen) atoms. The average molecular weight is 342 g/mol. The zero-order valence-corrected chi connectivity index (χ0v) is 15.2. The standard InChI is InChI=1S/C20H26N2O3/c1-14(2)20(23)22-12-6-4-5-7-18(22)19-13-17(21-25-19)15-8-10-16(24-3)11-9-15/h8-11,13-14,18H,4-7,12H2,1-3H3/t18-/m1/s1. The largest absolute Gasteiger partial charge is 0.497 e. The van der Waals surface area contributed by atoms with Crippen molar-refractivity contribution in [1.82, 2.24) is 10.1 Å². The summed E-state index contributed by atoms with van der Waals surface area (Å²) in [6, 6.07) is 9.69. The summed E-state index contributed by atoms with van der Waals surface area (Å²) in [5, 5.41) is 4.23. The number of benzene rings is 1. The number of hydrogen-bond acceptors (Lipinski definition) is 4. The summed E-state index contributed by atoms with van der Waals surface area (Å²) in [5.74, 6) is 1.77. The zero-order chi connectivity index (χ0) is 17.8. The molecule has 1 aliphatic rings. The number of carbonyl (C=O) groups is 1. The monoisotopic (exact) mass is 342 g/mol. The Morgan fingerprint density at radius 3 is 2.68 bits per heavy atom. The van der Waals surface area contributed by atoms with E-state index in [9.17, 15) is 4.79 Å². The lowest BCUT2D eigenvalue weighted by Crippen LogP contribution is -2.37. The normalized spacial score (nSPS) is 18.2. The summed E-state index contributed by atoms with van der Waals surface area (Å²) in [7, 11) is 1.65. The van der Waals surface area contributed by atoms with Crippen LogP contribution in [0.25, 0.3) is 11.3 Å². The number of ether oxygens (including phenoxy) is 1. The van der Waals surface area contributed by atoms with Gasteiger partial charge in [0.15, 0.2) is 5.76 Å². The van der Waals surface area contributed by atoms with Crippen LogP contribution in [0.1, 0.15) is 51.3 Å². The molecule has 1 aromatic carbocycles. The van der Waals surface area contributed by atoms with Crippen molar-refractivity contribution in [3.05, 3.63) is 36.1 Å². The van der Waals surface area contributed by atoms with Gasteiger partial charge in [-0.3, -0.25) is 4.79 Å². The van der Waals surface area contributed by atoms with Gasteiger partial charge in [0, 0.05) is 24.1 Å². The Morgan fingerprint density at radius 2 is 2.00 bits per heavy atom. The van der Waals surface area contributed by atoms with Crippen molar-refractivity contribution < 1.29 is 14.1 Å². The van der Waals surface area contributed by atoms with Crippen molar-refractivity contribution >= 4 is 5.91 Å². The molecule has 1 atom stereocenters. The number of rotatable bonds is 4. The molecule has 3 rings (SSSR count). The quantitative estimate of drug-likeness (QED) is 0.824. The second kappa shape index (κ2) is 7.72. The van der Waals surface area contributed by atoms with Crippen molar-refractivity contribution in [2.24, 2.45) is 5.92 Å². The molecule has 1 amide bonds. The zero-order valence-electron chi connectivity index (χ0n) is 15.2. The molecule has 2 aromatic rings. The van der Waals surface area contributed by atoms with E-state index in [0.717, 1.165) is 55.0 Å². The minimum atomic E-state index is -0.0168. The number of methoxy groups -OCH3 is 1. The van der Waals surface area contributed by atoms with Gasteiger partial charge >= 0.3 is 0 Å². The Morgan fingerprint density at radius 1 is 1.24 bits per heavy atom. The summed E-state index contributed by atoms with van der Waals surface area (Å²) in [6.45, 7) is 4.70. The highest BCUT2D eigenvalue weighted by Crippen LogP contribution is 2.33. The molecule has 1 saturated heterocycles. The maximum Gasteiger partial charge on any atom is 0.225 e. The van der Waals surface area contributed by atoms with E-state index >= 15 is 0 Å². The van der Waals surface area contributed by atoms with E-state index in [0.29, 0.717) is 0 Å². The van der Waals surface area contributed by atoms with E-state index in [1.54, 1.807) is 7.11 Å². The number of hydrogen-bond donors (Lipinski definition) is 0. The van der Waals surface area contributed by atoms with Crippen LogP contribution >= 0.6 is 0 Å². The lowest BCUT2D eigenvalue weighted by Gasteiger charge is -2.29. The lowest BCUT2D eigenvalue weighted by molar-refractivity contribution is -0.137. The van der Waals surface area contributed by atoms with Gasteiger partial charge in [-0.2, -0.15) is 0 Å². The van der Waals surface area contributed by atoms with Crippen LogP contribution in [0.4, 0.5) is 0 Å². The second-order valence-electron chi connectivity index (χ2n) is 6.89. The molecular formula is C20H26N2O3.